The van der Waals surface area contributed by atoms with Crippen LogP contribution in [0.5, 0.6) is 0 Å². The molecule has 4 aromatic rings. The second-order valence-corrected chi connectivity index (χ2v) is 11.1. The maximum absolute atomic E-state index is 12.2. The van der Waals surface area contributed by atoms with E-state index in [2.05, 4.69) is 71.0 Å². The highest BCUT2D eigenvalue weighted by molar-refractivity contribution is 5.89. The Balaban J connectivity index is 1.44. The van der Waals surface area contributed by atoms with Gasteiger partial charge in [0.2, 0.25) is 0 Å². The number of benzene rings is 4. The highest BCUT2D eigenvalue weighted by Gasteiger charge is 2.39. The number of amides is 2. The van der Waals surface area contributed by atoms with Gasteiger partial charge in [-0.3, -0.25) is 4.90 Å². The van der Waals surface area contributed by atoms with Gasteiger partial charge in [-0.2, -0.15) is 0 Å². The summed E-state index contributed by atoms with van der Waals surface area (Å²) in [4.78, 5) is 14.6. The van der Waals surface area contributed by atoms with Crippen LogP contribution in [0, 0.1) is 5.92 Å². The van der Waals surface area contributed by atoms with Gasteiger partial charge in [-0.15, -0.1) is 0 Å². The van der Waals surface area contributed by atoms with Gasteiger partial charge in [0.25, 0.3) is 0 Å². The van der Waals surface area contributed by atoms with Crippen molar-refractivity contribution >= 4 is 11.7 Å². The zero-order valence-corrected chi connectivity index (χ0v) is 24.9. The summed E-state index contributed by atoms with van der Waals surface area (Å²) >= 11 is 0. The molecule has 1 aliphatic heterocycles. The molecule has 0 spiro atoms. The van der Waals surface area contributed by atoms with Crippen LogP contribution in [0.25, 0.3) is 0 Å². The molecule has 5 rings (SSSR count). The Kier molecular flexibility index (Phi) is 10.6. The number of aliphatic hydroxyl groups is 1. The Morgan fingerprint density at radius 3 is 2.05 bits per heavy atom. The molecule has 0 aromatic heterocycles. The third kappa shape index (κ3) is 8.30. The van der Waals surface area contributed by atoms with Crippen molar-refractivity contribution in [2.75, 3.05) is 18.4 Å². The number of ether oxygens (including phenoxy) is 2. The SMILES string of the molecule is CCNC(=O)Nc1cccc([C@H]2O[C@@H](CN(Cc3ccccc3)Cc3ccccc3)[C@@H](C)[C@@H](c3ccc(CO)cc3)O2)c1. The van der Waals surface area contributed by atoms with Crippen LogP contribution in [-0.4, -0.2) is 35.2 Å². The lowest BCUT2D eigenvalue weighted by atomic mass is 9.89. The minimum absolute atomic E-state index is 0.00491. The number of hydrogen-bond acceptors (Lipinski definition) is 5. The van der Waals surface area contributed by atoms with Gasteiger partial charge in [-0.25, -0.2) is 4.79 Å². The van der Waals surface area contributed by atoms with Crippen molar-refractivity contribution < 1.29 is 19.4 Å². The smallest absolute Gasteiger partial charge is 0.319 e. The van der Waals surface area contributed by atoms with E-state index in [1.54, 1.807) is 0 Å². The fourth-order valence-corrected chi connectivity index (χ4v) is 5.55. The molecule has 0 saturated carbocycles. The van der Waals surface area contributed by atoms with E-state index in [0.717, 1.165) is 29.8 Å². The molecule has 7 nitrogen and oxygen atoms in total. The summed E-state index contributed by atoms with van der Waals surface area (Å²) in [5, 5.41) is 15.3. The maximum Gasteiger partial charge on any atom is 0.319 e. The summed E-state index contributed by atoms with van der Waals surface area (Å²) in [5.74, 6) is 0.0434. The third-order valence-corrected chi connectivity index (χ3v) is 7.81. The Bertz CT molecular complexity index is 1390. The van der Waals surface area contributed by atoms with Crippen LogP contribution < -0.4 is 10.6 Å². The van der Waals surface area contributed by atoms with Gasteiger partial charge in [-0.05, 0) is 41.3 Å². The molecule has 3 N–H and O–H groups in total. The molecular formula is C36H41N3O4. The first-order valence-electron chi connectivity index (χ1n) is 15.0. The zero-order chi connectivity index (χ0) is 30.0. The van der Waals surface area contributed by atoms with Crippen LogP contribution in [0.15, 0.2) is 109 Å². The van der Waals surface area contributed by atoms with E-state index < -0.39 is 6.29 Å². The normalized spacial score (nSPS) is 20.1. The predicted molar refractivity (Wildman–Crippen MR) is 169 cm³/mol. The van der Waals surface area contributed by atoms with Crippen LogP contribution >= 0.6 is 0 Å². The monoisotopic (exact) mass is 579 g/mol. The van der Waals surface area contributed by atoms with Crippen molar-refractivity contribution in [2.45, 2.75) is 52.0 Å². The zero-order valence-electron chi connectivity index (χ0n) is 24.9. The van der Waals surface area contributed by atoms with E-state index in [1.807, 2.05) is 67.6 Å². The number of carbonyl (C=O) groups is 1. The van der Waals surface area contributed by atoms with Crippen molar-refractivity contribution in [1.29, 1.82) is 0 Å². The predicted octanol–water partition coefficient (Wildman–Crippen LogP) is 6.81. The van der Waals surface area contributed by atoms with Gasteiger partial charge in [0.15, 0.2) is 6.29 Å². The summed E-state index contributed by atoms with van der Waals surface area (Å²) in [7, 11) is 0. The van der Waals surface area contributed by atoms with Crippen LogP contribution in [0.3, 0.4) is 0 Å². The van der Waals surface area contributed by atoms with Crippen molar-refractivity contribution in [1.82, 2.24) is 10.2 Å². The molecule has 7 heteroatoms. The Morgan fingerprint density at radius 1 is 0.791 bits per heavy atom. The van der Waals surface area contributed by atoms with Crippen molar-refractivity contribution in [3.8, 4) is 0 Å². The van der Waals surface area contributed by atoms with E-state index in [9.17, 15) is 9.90 Å². The number of rotatable bonds is 11. The summed E-state index contributed by atoms with van der Waals surface area (Å²) in [6, 6.07) is 36.4. The van der Waals surface area contributed by atoms with Gasteiger partial charge in [0.1, 0.15) is 0 Å². The number of aliphatic hydroxyl groups excluding tert-OH is 1. The van der Waals surface area contributed by atoms with Crippen molar-refractivity contribution in [3.05, 3.63) is 137 Å². The highest BCUT2D eigenvalue weighted by Crippen LogP contribution is 2.42. The van der Waals surface area contributed by atoms with E-state index in [4.69, 9.17) is 9.47 Å². The maximum atomic E-state index is 12.2. The molecule has 224 valence electrons. The van der Waals surface area contributed by atoms with E-state index in [1.165, 1.54) is 11.1 Å². The number of hydrogen-bond donors (Lipinski definition) is 3. The molecule has 0 bridgehead atoms. The summed E-state index contributed by atoms with van der Waals surface area (Å²) < 4.78 is 13.4. The molecule has 0 radical (unpaired) electrons. The fraction of sp³-hybridized carbons (Fsp3) is 0.306. The lowest BCUT2D eigenvalue weighted by Gasteiger charge is -2.43. The number of carbonyl (C=O) groups excluding carboxylic acids is 1. The van der Waals surface area contributed by atoms with Crippen LogP contribution in [0.1, 0.15) is 54.1 Å². The lowest BCUT2D eigenvalue weighted by molar-refractivity contribution is -0.276. The van der Waals surface area contributed by atoms with Crippen LogP contribution in [0.2, 0.25) is 0 Å². The van der Waals surface area contributed by atoms with E-state index in [0.29, 0.717) is 18.8 Å². The van der Waals surface area contributed by atoms with E-state index in [-0.39, 0.29) is 30.8 Å². The molecule has 4 atom stereocenters. The average Bonchev–Trinajstić information content (AvgIpc) is 3.03. The Morgan fingerprint density at radius 2 is 1.44 bits per heavy atom. The van der Waals surface area contributed by atoms with Crippen LogP contribution in [-0.2, 0) is 29.2 Å². The molecular weight excluding hydrogens is 538 g/mol. The molecule has 4 aromatic carbocycles. The number of urea groups is 1. The quantitative estimate of drug-likeness (QED) is 0.182. The number of nitrogens with zero attached hydrogens (tertiary/aromatic N) is 1. The minimum atomic E-state index is -0.630. The standard InChI is InChI=1S/C36H41N3O4/c1-3-37-36(41)38-32-16-10-15-31(21-32)35-42-33(26(2)34(43-35)30-19-17-29(25-40)18-20-30)24-39(22-27-11-6-4-7-12-27)23-28-13-8-5-9-14-28/h4-21,26,33-35,40H,3,22-25H2,1-2H3,(H2,37,38,41)/t26-,33+,34+,35+/m1/s1. The molecule has 43 heavy (non-hydrogen) atoms. The first-order chi connectivity index (χ1) is 21.0. The average molecular weight is 580 g/mol. The summed E-state index contributed by atoms with van der Waals surface area (Å²) in [6.45, 7) is 6.88. The molecule has 1 heterocycles. The third-order valence-electron chi connectivity index (χ3n) is 7.81. The van der Waals surface area contributed by atoms with Crippen molar-refractivity contribution in [3.63, 3.8) is 0 Å². The van der Waals surface area contributed by atoms with Gasteiger partial charge in [-0.1, -0.05) is 104 Å². The molecule has 0 unspecified atom stereocenters. The molecule has 0 aliphatic carbocycles. The largest absolute Gasteiger partial charge is 0.392 e. The Labute approximate surface area is 254 Å². The van der Waals surface area contributed by atoms with E-state index >= 15 is 0 Å². The highest BCUT2D eigenvalue weighted by atomic mass is 16.7. The second kappa shape index (κ2) is 14.9. The topological polar surface area (TPSA) is 83.1 Å². The van der Waals surface area contributed by atoms with Crippen LogP contribution in [0.4, 0.5) is 10.5 Å². The van der Waals surface area contributed by atoms with Gasteiger partial charge in [0, 0.05) is 43.3 Å². The fourth-order valence-electron chi connectivity index (χ4n) is 5.55. The number of anilines is 1. The first-order valence-corrected chi connectivity index (χ1v) is 15.0. The number of nitrogens with one attached hydrogen (secondary N) is 2. The Hall–Kier alpha value is -4.01. The molecule has 2 amide bonds. The summed E-state index contributed by atoms with van der Waals surface area (Å²) in [6.07, 6.45) is -1.00. The van der Waals surface area contributed by atoms with Gasteiger partial charge >= 0.3 is 6.03 Å². The minimum Gasteiger partial charge on any atom is -0.392 e. The second-order valence-electron chi connectivity index (χ2n) is 11.1. The molecule has 1 fully saturated rings. The van der Waals surface area contributed by atoms with Gasteiger partial charge < -0.3 is 25.2 Å². The molecule has 1 aliphatic rings. The van der Waals surface area contributed by atoms with Gasteiger partial charge in [0.05, 0.1) is 18.8 Å². The van der Waals surface area contributed by atoms with Crippen molar-refractivity contribution in [2.24, 2.45) is 5.92 Å². The first kappa shape index (κ1) is 30.4. The summed E-state index contributed by atoms with van der Waals surface area (Å²) in [5.41, 5.74) is 5.89. The molecule has 1 saturated heterocycles. The lowest BCUT2D eigenvalue weighted by Crippen LogP contribution is -2.44.